The Morgan fingerprint density at radius 1 is 1.08 bits per heavy atom. The minimum atomic E-state index is -4.02. The van der Waals surface area contributed by atoms with E-state index in [0.717, 1.165) is 0 Å². The van der Waals surface area contributed by atoms with Gasteiger partial charge >= 0.3 is 0 Å². The maximum Gasteiger partial charge on any atom is 0.264 e. The van der Waals surface area contributed by atoms with Crippen molar-refractivity contribution in [1.82, 2.24) is 9.97 Å². The lowest BCUT2D eigenvalue weighted by molar-refractivity contribution is 0.356. The molecule has 3 aromatic rings. The summed E-state index contributed by atoms with van der Waals surface area (Å²) in [6.45, 7) is 0. The number of fused-ring (bicyclic) bond motifs is 1. The lowest BCUT2D eigenvalue weighted by Gasteiger charge is -2.12. The lowest BCUT2D eigenvalue weighted by Crippen LogP contribution is -2.15. The van der Waals surface area contributed by atoms with Crippen LogP contribution >= 0.6 is 0 Å². The van der Waals surface area contributed by atoms with Crippen molar-refractivity contribution in [1.29, 1.82) is 5.26 Å². The molecule has 0 saturated carbocycles. The summed E-state index contributed by atoms with van der Waals surface area (Å²) >= 11 is 0. The molecule has 0 unspecified atom stereocenters. The summed E-state index contributed by atoms with van der Waals surface area (Å²) in [4.78, 5) is 8.02. The van der Waals surface area contributed by atoms with Gasteiger partial charge in [0.05, 0.1) is 25.3 Å². The van der Waals surface area contributed by atoms with Gasteiger partial charge in [-0.3, -0.25) is 4.72 Å². The Balaban J connectivity index is 2.13. The van der Waals surface area contributed by atoms with Crippen molar-refractivity contribution in [2.45, 2.75) is 4.90 Å². The zero-order valence-electron chi connectivity index (χ0n) is 13.9. The van der Waals surface area contributed by atoms with Crippen molar-refractivity contribution in [2.24, 2.45) is 0 Å². The molecule has 0 spiro atoms. The Hall–Kier alpha value is -3.38. The first-order valence-electron chi connectivity index (χ1n) is 7.39. The van der Waals surface area contributed by atoms with Gasteiger partial charge < -0.3 is 9.47 Å². The van der Waals surface area contributed by atoms with Crippen molar-refractivity contribution < 1.29 is 17.9 Å². The highest BCUT2D eigenvalue weighted by atomic mass is 32.2. The van der Waals surface area contributed by atoms with Crippen molar-refractivity contribution in [3.63, 3.8) is 0 Å². The van der Waals surface area contributed by atoms with Gasteiger partial charge in [-0.25, -0.2) is 18.4 Å². The fourth-order valence-electron chi connectivity index (χ4n) is 2.44. The predicted molar refractivity (Wildman–Crippen MR) is 94.6 cm³/mol. The van der Waals surface area contributed by atoms with Crippen LogP contribution in [0.2, 0.25) is 0 Å². The second kappa shape index (κ2) is 6.85. The lowest BCUT2D eigenvalue weighted by atomic mass is 10.2. The van der Waals surface area contributed by atoms with Crippen LogP contribution in [-0.4, -0.2) is 32.6 Å². The molecular formula is C17H14N4O4S. The van der Waals surface area contributed by atoms with Crippen LogP contribution in [0.3, 0.4) is 0 Å². The highest BCUT2D eigenvalue weighted by molar-refractivity contribution is 7.92. The topological polar surface area (TPSA) is 114 Å². The van der Waals surface area contributed by atoms with Gasteiger partial charge in [0, 0.05) is 11.5 Å². The van der Waals surface area contributed by atoms with E-state index in [4.69, 9.17) is 14.7 Å². The zero-order valence-corrected chi connectivity index (χ0v) is 14.7. The maximum absolute atomic E-state index is 12.7. The Kier molecular flexibility index (Phi) is 4.60. The zero-order chi connectivity index (χ0) is 18.7. The molecule has 0 saturated heterocycles. The highest BCUT2D eigenvalue weighted by Gasteiger charge is 2.21. The van der Waals surface area contributed by atoms with Crippen molar-refractivity contribution in [3.8, 4) is 17.6 Å². The Bertz CT molecular complexity index is 1120. The molecule has 3 rings (SSSR count). The predicted octanol–water partition coefficient (Wildman–Crippen LogP) is 2.32. The Morgan fingerprint density at radius 3 is 2.46 bits per heavy atom. The fourth-order valence-corrected chi connectivity index (χ4v) is 3.63. The number of ether oxygens (including phenoxy) is 2. The molecule has 0 fully saturated rings. The minimum absolute atomic E-state index is 0.0395. The quantitative estimate of drug-likeness (QED) is 0.733. The molecule has 1 aromatic heterocycles. The smallest absolute Gasteiger partial charge is 0.264 e. The normalized spacial score (nSPS) is 11.0. The average Bonchev–Trinajstić information content (AvgIpc) is 2.66. The van der Waals surface area contributed by atoms with Gasteiger partial charge in [0.25, 0.3) is 10.0 Å². The molecule has 0 aliphatic heterocycles. The van der Waals surface area contributed by atoms with E-state index in [1.807, 2.05) is 6.07 Å². The van der Waals surface area contributed by atoms with Crippen LogP contribution < -0.4 is 14.2 Å². The standard InChI is InChI=1S/C17H14N4O4S/c1-24-14-7-12-13(8-15(14)25-2)19-10-20-17(12)21-26(22,23)16-6-4-3-5-11(16)9-18/h3-8,10H,1-2H3,(H,19,20,21). The highest BCUT2D eigenvalue weighted by Crippen LogP contribution is 2.34. The van der Waals surface area contributed by atoms with Gasteiger partial charge in [-0.1, -0.05) is 12.1 Å². The van der Waals surface area contributed by atoms with Crippen molar-refractivity contribution >= 4 is 26.7 Å². The number of aromatic nitrogens is 2. The monoisotopic (exact) mass is 370 g/mol. The number of nitrogens with zero attached hydrogens (tertiary/aromatic N) is 3. The van der Waals surface area contributed by atoms with E-state index in [0.29, 0.717) is 22.4 Å². The third kappa shape index (κ3) is 3.10. The molecule has 9 heteroatoms. The number of nitrogens with one attached hydrogen (secondary N) is 1. The number of sulfonamides is 1. The van der Waals surface area contributed by atoms with E-state index in [2.05, 4.69) is 14.7 Å². The van der Waals surface area contributed by atoms with Gasteiger partial charge in [0.15, 0.2) is 17.3 Å². The van der Waals surface area contributed by atoms with E-state index in [1.165, 1.54) is 32.7 Å². The van der Waals surface area contributed by atoms with E-state index in [9.17, 15) is 8.42 Å². The van der Waals surface area contributed by atoms with Gasteiger partial charge in [0.1, 0.15) is 17.3 Å². The van der Waals surface area contributed by atoms with Crippen LogP contribution in [0.1, 0.15) is 5.56 Å². The van der Waals surface area contributed by atoms with Crippen LogP contribution in [0.5, 0.6) is 11.5 Å². The van der Waals surface area contributed by atoms with Crippen molar-refractivity contribution in [3.05, 3.63) is 48.3 Å². The molecule has 0 aliphatic rings. The first kappa shape index (κ1) is 17.4. The van der Waals surface area contributed by atoms with Crippen LogP contribution in [0, 0.1) is 11.3 Å². The average molecular weight is 370 g/mol. The molecule has 1 heterocycles. The fraction of sp³-hybridized carbons (Fsp3) is 0.118. The number of anilines is 1. The Labute approximate surface area is 150 Å². The summed E-state index contributed by atoms with van der Waals surface area (Å²) < 4.78 is 38.3. The molecule has 8 nitrogen and oxygen atoms in total. The van der Waals surface area contributed by atoms with Gasteiger partial charge in [0.2, 0.25) is 0 Å². The van der Waals surface area contributed by atoms with Crippen LogP contribution in [-0.2, 0) is 10.0 Å². The third-order valence-corrected chi connectivity index (χ3v) is 5.07. The van der Waals surface area contributed by atoms with Crippen LogP contribution in [0.25, 0.3) is 10.9 Å². The van der Waals surface area contributed by atoms with Crippen LogP contribution in [0.4, 0.5) is 5.82 Å². The largest absolute Gasteiger partial charge is 0.493 e. The molecular weight excluding hydrogens is 356 g/mol. The summed E-state index contributed by atoms with van der Waals surface area (Å²) in [5, 5.41) is 9.58. The number of hydrogen-bond acceptors (Lipinski definition) is 7. The number of methoxy groups -OCH3 is 2. The summed E-state index contributed by atoms with van der Waals surface area (Å²) in [7, 11) is -1.05. The molecule has 0 radical (unpaired) electrons. The number of rotatable bonds is 5. The number of nitriles is 1. The minimum Gasteiger partial charge on any atom is -0.493 e. The summed E-state index contributed by atoms with van der Waals surface area (Å²) in [6, 6.07) is 11.0. The number of hydrogen-bond donors (Lipinski definition) is 1. The molecule has 0 atom stereocenters. The second-order valence-corrected chi connectivity index (χ2v) is 6.81. The van der Waals surface area contributed by atoms with E-state index in [1.54, 1.807) is 24.3 Å². The molecule has 0 amide bonds. The molecule has 26 heavy (non-hydrogen) atoms. The van der Waals surface area contributed by atoms with Gasteiger partial charge in [-0.05, 0) is 18.2 Å². The molecule has 1 N–H and O–H groups in total. The summed E-state index contributed by atoms with van der Waals surface area (Å²) in [5.74, 6) is 0.943. The van der Waals surface area contributed by atoms with E-state index in [-0.39, 0.29) is 16.3 Å². The maximum atomic E-state index is 12.7. The van der Waals surface area contributed by atoms with Gasteiger partial charge in [-0.15, -0.1) is 0 Å². The second-order valence-electron chi connectivity index (χ2n) is 5.16. The number of benzene rings is 2. The third-order valence-electron chi connectivity index (χ3n) is 3.67. The summed E-state index contributed by atoms with van der Waals surface area (Å²) in [6.07, 6.45) is 1.24. The molecule has 0 aliphatic carbocycles. The summed E-state index contributed by atoms with van der Waals surface area (Å²) in [5.41, 5.74) is 0.515. The first-order valence-corrected chi connectivity index (χ1v) is 8.87. The SMILES string of the molecule is COc1cc2ncnc(NS(=O)(=O)c3ccccc3C#N)c2cc1OC. The molecule has 2 aromatic carbocycles. The first-order chi connectivity index (χ1) is 12.5. The molecule has 132 valence electrons. The van der Waals surface area contributed by atoms with E-state index < -0.39 is 10.0 Å². The van der Waals surface area contributed by atoms with Gasteiger partial charge in [-0.2, -0.15) is 5.26 Å². The van der Waals surface area contributed by atoms with Crippen molar-refractivity contribution in [2.75, 3.05) is 18.9 Å². The van der Waals surface area contributed by atoms with Crippen LogP contribution in [0.15, 0.2) is 47.6 Å². The van der Waals surface area contributed by atoms with E-state index >= 15 is 0 Å². The Morgan fingerprint density at radius 2 is 1.77 bits per heavy atom. The molecule has 0 bridgehead atoms.